The minimum atomic E-state index is 0.511. The third-order valence-corrected chi connectivity index (χ3v) is 5.11. The lowest BCUT2D eigenvalue weighted by Gasteiger charge is -2.50. The van der Waals surface area contributed by atoms with Gasteiger partial charge in [0, 0.05) is 30.9 Å². The van der Waals surface area contributed by atoms with E-state index in [0.29, 0.717) is 5.41 Å². The second-order valence-corrected chi connectivity index (χ2v) is 6.62. The number of thioether (sulfide) groups is 1. The standard InChI is InChI=1S/C12H24N2S/c1-4-14(10-7-13-8-10)11-9-15-6-5-12(11,2)3/h10-11,13H,4-9H2,1-3H3. The van der Waals surface area contributed by atoms with Crippen molar-refractivity contribution in [3.8, 4) is 0 Å². The Morgan fingerprint density at radius 1 is 1.40 bits per heavy atom. The van der Waals surface area contributed by atoms with E-state index in [9.17, 15) is 0 Å². The van der Waals surface area contributed by atoms with Crippen LogP contribution in [0, 0.1) is 5.41 Å². The largest absolute Gasteiger partial charge is 0.314 e. The van der Waals surface area contributed by atoms with Gasteiger partial charge in [0.05, 0.1) is 0 Å². The highest BCUT2D eigenvalue weighted by atomic mass is 32.2. The molecule has 0 aromatic rings. The van der Waals surface area contributed by atoms with Gasteiger partial charge in [0.1, 0.15) is 0 Å². The van der Waals surface area contributed by atoms with Crippen molar-refractivity contribution in [3.05, 3.63) is 0 Å². The Labute approximate surface area is 98.2 Å². The Bertz CT molecular complexity index is 214. The van der Waals surface area contributed by atoms with E-state index in [-0.39, 0.29) is 0 Å². The van der Waals surface area contributed by atoms with Gasteiger partial charge in [-0.25, -0.2) is 0 Å². The van der Waals surface area contributed by atoms with E-state index in [2.05, 4.69) is 42.7 Å². The summed E-state index contributed by atoms with van der Waals surface area (Å²) in [5.41, 5.74) is 0.511. The van der Waals surface area contributed by atoms with Gasteiger partial charge in [0.15, 0.2) is 0 Å². The van der Waals surface area contributed by atoms with Crippen LogP contribution in [0.15, 0.2) is 0 Å². The Morgan fingerprint density at radius 3 is 2.60 bits per heavy atom. The molecule has 15 heavy (non-hydrogen) atoms. The van der Waals surface area contributed by atoms with Crippen LogP contribution in [0.4, 0.5) is 0 Å². The van der Waals surface area contributed by atoms with Crippen molar-refractivity contribution in [1.29, 1.82) is 0 Å². The summed E-state index contributed by atoms with van der Waals surface area (Å²) >= 11 is 2.14. The quantitative estimate of drug-likeness (QED) is 0.793. The molecule has 3 heteroatoms. The zero-order valence-corrected chi connectivity index (χ0v) is 11.1. The van der Waals surface area contributed by atoms with Gasteiger partial charge in [-0.1, -0.05) is 20.8 Å². The van der Waals surface area contributed by atoms with Gasteiger partial charge in [0.2, 0.25) is 0 Å². The maximum absolute atomic E-state index is 3.39. The zero-order chi connectivity index (χ0) is 10.9. The number of hydrogen-bond acceptors (Lipinski definition) is 3. The van der Waals surface area contributed by atoms with Crippen LogP contribution in [0.2, 0.25) is 0 Å². The van der Waals surface area contributed by atoms with Crippen LogP contribution in [0.1, 0.15) is 27.2 Å². The molecule has 2 aliphatic rings. The summed E-state index contributed by atoms with van der Waals surface area (Å²) in [5.74, 6) is 2.68. The van der Waals surface area contributed by atoms with E-state index in [1.165, 1.54) is 37.6 Å². The van der Waals surface area contributed by atoms with Crippen LogP contribution in [0.25, 0.3) is 0 Å². The lowest BCUT2D eigenvalue weighted by Crippen LogP contribution is -2.63. The van der Waals surface area contributed by atoms with E-state index in [1.807, 2.05) is 0 Å². The molecular formula is C12H24N2S. The van der Waals surface area contributed by atoms with Crippen molar-refractivity contribution in [2.75, 3.05) is 31.1 Å². The minimum Gasteiger partial charge on any atom is -0.314 e. The molecule has 0 aliphatic carbocycles. The van der Waals surface area contributed by atoms with Gasteiger partial charge in [-0.15, -0.1) is 0 Å². The summed E-state index contributed by atoms with van der Waals surface area (Å²) in [6.45, 7) is 10.8. The van der Waals surface area contributed by atoms with Crippen molar-refractivity contribution >= 4 is 11.8 Å². The second-order valence-electron chi connectivity index (χ2n) is 5.47. The van der Waals surface area contributed by atoms with E-state index in [1.54, 1.807) is 0 Å². The fourth-order valence-electron chi connectivity index (χ4n) is 2.71. The fraction of sp³-hybridized carbons (Fsp3) is 1.00. The van der Waals surface area contributed by atoms with Crippen LogP contribution in [-0.2, 0) is 0 Å². The predicted octanol–water partition coefficient (Wildman–Crippen LogP) is 1.81. The van der Waals surface area contributed by atoms with Crippen molar-refractivity contribution in [3.63, 3.8) is 0 Å². The van der Waals surface area contributed by atoms with Crippen LogP contribution >= 0.6 is 11.8 Å². The van der Waals surface area contributed by atoms with Crippen LogP contribution in [-0.4, -0.2) is 48.1 Å². The molecule has 2 saturated heterocycles. The molecular weight excluding hydrogens is 204 g/mol. The molecule has 1 atom stereocenters. The third kappa shape index (κ3) is 2.34. The molecule has 1 N–H and O–H groups in total. The molecule has 88 valence electrons. The Kier molecular flexibility index (Phi) is 3.63. The maximum Gasteiger partial charge on any atom is 0.0348 e. The van der Waals surface area contributed by atoms with Crippen LogP contribution in [0.3, 0.4) is 0 Å². The first-order valence-corrected chi connectivity index (χ1v) is 7.35. The number of hydrogen-bond donors (Lipinski definition) is 1. The molecule has 0 amide bonds. The average Bonchev–Trinajstić information content (AvgIpc) is 2.11. The number of nitrogens with one attached hydrogen (secondary N) is 1. The summed E-state index contributed by atoms with van der Waals surface area (Å²) < 4.78 is 0. The highest BCUT2D eigenvalue weighted by Crippen LogP contribution is 2.38. The van der Waals surface area contributed by atoms with E-state index in [0.717, 1.165) is 12.1 Å². The topological polar surface area (TPSA) is 15.3 Å². The Balaban J connectivity index is 2.04. The van der Waals surface area contributed by atoms with Crippen LogP contribution < -0.4 is 5.32 Å². The molecule has 2 heterocycles. The van der Waals surface area contributed by atoms with E-state index in [4.69, 9.17) is 0 Å². The zero-order valence-electron chi connectivity index (χ0n) is 10.3. The first-order valence-electron chi connectivity index (χ1n) is 6.19. The highest BCUT2D eigenvalue weighted by molar-refractivity contribution is 7.99. The predicted molar refractivity (Wildman–Crippen MR) is 68.5 cm³/mol. The van der Waals surface area contributed by atoms with E-state index >= 15 is 0 Å². The summed E-state index contributed by atoms with van der Waals surface area (Å²) in [7, 11) is 0. The Morgan fingerprint density at radius 2 is 2.13 bits per heavy atom. The number of likely N-dealkylation sites (N-methyl/N-ethyl adjacent to an activating group) is 1. The lowest BCUT2D eigenvalue weighted by molar-refractivity contribution is 0.0410. The number of rotatable bonds is 3. The van der Waals surface area contributed by atoms with Gasteiger partial charge in [-0.3, -0.25) is 4.90 Å². The molecule has 0 radical (unpaired) electrons. The molecule has 0 spiro atoms. The average molecular weight is 228 g/mol. The highest BCUT2D eigenvalue weighted by Gasteiger charge is 2.39. The van der Waals surface area contributed by atoms with Crippen molar-refractivity contribution in [1.82, 2.24) is 10.2 Å². The Hall–Kier alpha value is 0.270. The fourth-order valence-corrected chi connectivity index (χ4v) is 4.41. The molecule has 2 fully saturated rings. The van der Waals surface area contributed by atoms with Crippen molar-refractivity contribution < 1.29 is 0 Å². The van der Waals surface area contributed by atoms with E-state index < -0.39 is 0 Å². The summed E-state index contributed by atoms with van der Waals surface area (Å²) in [6, 6.07) is 1.59. The monoisotopic (exact) mass is 228 g/mol. The minimum absolute atomic E-state index is 0.511. The smallest absolute Gasteiger partial charge is 0.0348 e. The lowest BCUT2D eigenvalue weighted by atomic mass is 9.80. The molecule has 2 nitrogen and oxygen atoms in total. The van der Waals surface area contributed by atoms with Gasteiger partial charge in [0.25, 0.3) is 0 Å². The first kappa shape index (κ1) is 11.7. The van der Waals surface area contributed by atoms with Gasteiger partial charge >= 0.3 is 0 Å². The van der Waals surface area contributed by atoms with Gasteiger partial charge in [-0.2, -0.15) is 11.8 Å². The summed E-state index contributed by atoms with van der Waals surface area (Å²) in [4.78, 5) is 2.74. The van der Waals surface area contributed by atoms with Crippen molar-refractivity contribution in [2.45, 2.75) is 39.3 Å². The molecule has 0 saturated carbocycles. The number of nitrogens with zero attached hydrogens (tertiary/aromatic N) is 1. The van der Waals surface area contributed by atoms with Crippen LogP contribution in [0.5, 0.6) is 0 Å². The first-order chi connectivity index (χ1) is 7.15. The van der Waals surface area contributed by atoms with Gasteiger partial charge < -0.3 is 5.32 Å². The maximum atomic E-state index is 3.39. The SMILES string of the molecule is CCN(C1CNC1)C1CSCCC1(C)C. The molecule has 2 aliphatic heterocycles. The summed E-state index contributed by atoms with van der Waals surface area (Å²) in [6.07, 6.45) is 1.37. The summed E-state index contributed by atoms with van der Waals surface area (Å²) in [5, 5.41) is 3.39. The second kappa shape index (κ2) is 4.64. The van der Waals surface area contributed by atoms with Crippen molar-refractivity contribution in [2.24, 2.45) is 5.41 Å². The van der Waals surface area contributed by atoms with Gasteiger partial charge in [-0.05, 0) is 24.1 Å². The molecule has 2 rings (SSSR count). The molecule has 0 bridgehead atoms. The molecule has 0 aromatic heterocycles. The molecule has 0 aromatic carbocycles. The normalized spacial score (nSPS) is 31.6. The molecule has 1 unspecified atom stereocenters. The third-order valence-electron chi connectivity index (χ3n) is 4.06.